The molecule has 3 atom stereocenters. The number of carbonyl (C=O) groups is 1. The van der Waals surface area contributed by atoms with E-state index in [0.29, 0.717) is 5.92 Å². The molecule has 0 bridgehead atoms. The first-order chi connectivity index (χ1) is 6.50. The minimum absolute atomic E-state index is 0.261. The Morgan fingerprint density at radius 3 is 2.43 bits per heavy atom. The van der Waals surface area contributed by atoms with E-state index < -0.39 is 0 Å². The summed E-state index contributed by atoms with van der Waals surface area (Å²) >= 11 is 0. The van der Waals surface area contributed by atoms with Gasteiger partial charge >= 0.3 is 0 Å². The van der Waals surface area contributed by atoms with Crippen LogP contribution in [0.2, 0.25) is 0 Å². The van der Waals surface area contributed by atoms with Crippen molar-refractivity contribution in [2.75, 3.05) is 0 Å². The molecule has 1 aliphatic carbocycles. The molecule has 14 heavy (non-hydrogen) atoms. The molecule has 0 aliphatic heterocycles. The maximum atomic E-state index is 11.5. The topological polar surface area (TPSA) is 17.1 Å². The summed E-state index contributed by atoms with van der Waals surface area (Å²) in [6, 6.07) is 0. The van der Waals surface area contributed by atoms with Gasteiger partial charge in [0.05, 0.1) is 0 Å². The van der Waals surface area contributed by atoms with Gasteiger partial charge in [0, 0.05) is 6.42 Å². The zero-order valence-corrected chi connectivity index (χ0v) is 9.68. The van der Waals surface area contributed by atoms with Crippen LogP contribution in [0.3, 0.4) is 0 Å². The van der Waals surface area contributed by atoms with Crippen LogP contribution in [0.5, 0.6) is 0 Å². The van der Waals surface area contributed by atoms with Crippen LogP contribution in [0.25, 0.3) is 0 Å². The van der Waals surface area contributed by atoms with Crippen LogP contribution in [0.1, 0.15) is 46.5 Å². The van der Waals surface area contributed by atoms with Gasteiger partial charge in [-0.2, -0.15) is 0 Å². The van der Waals surface area contributed by atoms with Gasteiger partial charge in [0.15, 0.2) is 5.78 Å². The molecule has 0 aromatic heterocycles. The minimum atomic E-state index is 0.261. The third-order valence-electron chi connectivity index (χ3n) is 3.66. The third kappa shape index (κ3) is 2.97. The summed E-state index contributed by atoms with van der Waals surface area (Å²) in [6.07, 6.45) is 4.46. The Bertz CT molecular complexity index is 229. The van der Waals surface area contributed by atoms with Crippen LogP contribution >= 0.6 is 0 Å². The van der Waals surface area contributed by atoms with Gasteiger partial charge in [0.2, 0.25) is 0 Å². The van der Waals surface area contributed by atoms with Crippen LogP contribution in [0.15, 0.2) is 12.2 Å². The first-order valence-electron chi connectivity index (χ1n) is 5.69. The third-order valence-corrected chi connectivity index (χ3v) is 3.66. The molecule has 1 saturated carbocycles. The highest BCUT2D eigenvalue weighted by molar-refractivity contribution is 5.94. The molecule has 0 aromatic rings. The van der Waals surface area contributed by atoms with Crippen molar-refractivity contribution in [3.63, 3.8) is 0 Å². The van der Waals surface area contributed by atoms with Crippen molar-refractivity contribution in [3.8, 4) is 0 Å². The standard InChI is InChI=1S/C13H22O/c1-9(2)13(14)8-12-6-5-10(3)11(4)7-12/h10-12H,1,5-8H2,2-4H3. The van der Waals surface area contributed by atoms with Crippen molar-refractivity contribution in [1.29, 1.82) is 0 Å². The maximum absolute atomic E-state index is 11.5. The van der Waals surface area contributed by atoms with E-state index in [4.69, 9.17) is 0 Å². The van der Waals surface area contributed by atoms with Crippen molar-refractivity contribution >= 4 is 5.78 Å². The van der Waals surface area contributed by atoms with Gasteiger partial charge in [-0.15, -0.1) is 0 Å². The number of ketones is 1. The normalized spacial score (nSPS) is 32.6. The van der Waals surface area contributed by atoms with E-state index in [1.807, 2.05) is 6.92 Å². The molecule has 80 valence electrons. The van der Waals surface area contributed by atoms with Crippen molar-refractivity contribution in [1.82, 2.24) is 0 Å². The molecular weight excluding hydrogens is 172 g/mol. The highest BCUT2D eigenvalue weighted by Crippen LogP contribution is 2.35. The molecule has 1 aliphatic rings. The SMILES string of the molecule is C=C(C)C(=O)CC1CCC(C)C(C)C1. The molecule has 1 fully saturated rings. The van der Waals surface area contributed by atoms with Gasteiger partial charge in [-0.05, 0) is 43.1 Å². The largest absolute Gasteiger partial charge is 0.295 e. The predicted molar refractivity (Wildman–Crippen MR) is 60.1 cm³/mol. The first kappa shape index (κ1) is 11.5. The summed E-state index contributed by atoms with van der Waals surface area (Å²) in [5, 5.41) is 0. The molecule has 0 radical (unpaired) electrons. The van der Waals surface area contributed by atoms with Crippen LogP contribution in [-0.4, -0.2) is 5.78 Å². The summed E-state index contributed by atoms with van der Waals surface area (Å²) in [4.78, 5) is 11.5. The molecule has 0 spiro atoms. The molecule has 3 unspecified atom stereocenters. The second-order valence-corrected chi connectivity index (χ2v) is 5.04. The summed E-state index contributed by atoms with van der Waals surface area (Å²) in [5.41, 5.74) is 0.719. The Balaban J connectivity index is 2.40. The molecule has 1 rings (SSSR count). The van der Waals surface area contributed by atoms with Gasteiger partial charge in [-0.1, -0.05) is 26.8 Å². The van der Waals surface area contributed by atoms with E-state index in [1.54, 1.807) is 0 Å². The molecule has 0 heterocycles. The number of hydrogen-bond acceptors (Lipinski definition) is 1. The maximum Gasteiger partial charge on any atom is 0.158 e. The first-order valence-corrected chi connectivity index (χ1v) is 5.69. The van der Waals surface area contributed by atoms with E-state index in [1.165, 1.54) is 19.3 Å². The zero-order valence-electron chi connectivity index (χ0n) is 9.68. The fourth-order valence-corrected chi connectivity index (χ4v) is 2.28. The smallest absolute Gasteiger partial charge is 0.158 e. The lowest BCUT2D eigenvalue weighted by molar-refractivity contribution is -0.116. The molecule has 0 N–H and O–H groups in total. The summed E-state index contributed by atoms with van der Waals surface area (Å²) in [7, 11) is 0. The fourth-order valence-electron chi connectivity index (χ4n) is 2.28. The molecule has 0 aromatic carbocycles. The monoisotopic (exact) mass is 194 g/mol. The van der Waals surface area contributed by atoms with Gasteiger partial charge in [-0.25, -0.2) is 0 Å². The van der Waals surface area contributed by atoms with Gasteiger partial charge in [0.1, 0.15) is 0 Å². The average Bonchev–Trinajstić information content (AvgIpc) is 2.11. The van der Waals surface area contributed by atoms with Crippen molar-refractivity contribution in [3.05, 3.63) is 12.2 Å². The molecule has 0 saturated heterocycles. The van der Waals surface area contributed by atoms with E-state index in [-0.39, 0.29) is 5.78 Å². The second kappa shape index (κ2) is 4.77. The lowest BCUT2D eigenvalue weighted by Crippen LogP contribution is -2.22. The lowest BCUT2D eigenvalue weighted by atomic mass is 9.74. The van der Waals surface area contributed by atoms with Gasteiger partial charge in [-0.3, -0.25) is 4.79 Å². The Kier molecular flexibility index (Phi) is 3.91. The van der Waals surface area contributed by atoms with E-state index in [9.17, 15) is 4.79 Å². The van der Waals surface area contributed by atoms with E-state index in [0.717, 1.165) is 23.8 Å². The minimum Gasteiger partial charge on any atom is -0.295 e. The van der Waals surface area contributed by atoms with E-state index >= 15 is 0 Å². The lowest BCUT2D eigenvalue weighted by Gasteiger charge is -2.31. The van der Waals surface area contributed by atoms with Gasteiger partial charge in [0.25, 0.3) is 0 Å². The summed E-state index contributed by atoms with van der Waals surface area (Å²) in [5.74, 6) is 2.50. The zero-order chi connectivity index (χ0) is 10.7. The summed E-state index contributed by atoms with van der Waals surface area (Å²) in [6.45, 7) is 10.2. The predicted octanol–water partition coefficient (Wildman–Crippen LogP) is 3.59. The quantitative estimate of drug-likeness (QED) is 0.627. The molecular formula is C13H22O. The van der Waals surface area contributed by atoms with Crippen LogP contribution in [-0.2, 0) is 4.79 Å². The van der Waals surface area contributed by atoms with Crippen LogP contribution < -0.4 is 0 Å². The Hall–Kier alpha value is -0.590. The van der Waals surface area contributed by atoms with Crippen LogP contribution in [0.4, 0.5) is 0 Å². The Morgan fingerprint density at radius 2 is 1.93 bits per heavy atom. The molecule has 1 nitrogen and oxygen atoms in total. The van der Waals surface area contributed by atoms with Crippen molar-refractivity contribution < 1.29 is 4.79 Å². The number of allylic oxidation sites excluding steroid dienone is 1. The summed E-state index contributed by atoms with van der Waals surface area (Å²) < 4.78 is 0. The number of rotatable bonds is 3. The van der Waals surface area contributed by atoms with E-state index in [2.05, 4.69) is 20.4 Å². The van der Waals surface area contributed by atoms with Gasteiger partial charge < -0.3 is 0 Å². The second-order valence-electron chi connectivity index (χ2n) is 5.04. The number of Topliss-reactive ketones (excluding diaryl/α,β-unsaturated/α-hetero) is 1. The van der Waals surface area contributed by atoms with Crippen molar-refractivity contribution in [2.45, 2.75) is 46.5 Å². The molecule has 0 amide bonds. The van der Waals surface area contributed by atoms with Crippen molar-refractivity contribution in [2.24, 2.45) is 17.8 Å². The molecule has 1 heteroatoms. The highest BCUT2D eigenvalue weighted by atomic mass is 16.1. The fraction of sp³-hybridized carbons (Fsp3) is 0.769. The number of carbonyl (C=O) groups excluding carboxylic acids is 1. The Morgan fingerprint density at radius 1 is 1.29 bits per heavy atom. The highest BCUT2D eigenvalue weighted by Gasteiger charge is 2.25. The number of hydrogen-bond donors (Lipinski definition) is 0. The average molecular weight is 194 g/mol. The van der Waals surface area contributed by atoms with Crippen LogP contribution in [0, 0.1) is 17.8 Å². The Labute approximate surface area is 87.6 Å².